The number of rotatable bonds is 2. The Labute approximate surface area is 222 Å². The molecule has 0 bridgehead atoms. The second-order valence-electron chi connectivity index (χ2n) is 10.5. The summed E-state index contributed by atoms with van der Waals surface area (Å²) in [6.45, 7) is 0. The number of halogens is 1. The van der Waals surface area contributed by atoms with Crippen molar-refractivity contribution < 1.29 is 38.6 Å². The molecule has 0 heterocycles. The van der Waals surface area contributed by atoms with Gasteiger partial charge in [0, 0.05) is 11.5 Å². The Morgan fingerprint density at radius 2 is 1.72 bits per heavy atom. The number of nitrogens with two attached hydrogens (primary N) is 1. The van der Waals surface area contributed by atoms with E-state index < -0.39 is 75.9 Å². The zero-order valence-corrected chi connectivity index (χ0v) is 21.1. The molecule has 10 heteroatoms. The van der Waals surface area contributed by atoms with E-state index in [9.17, 15) is 38.6 Å². The van der Waals surface area contributed by atoms with Gasteiger partial charge in [-0.3, -0.25) is 28.9 Å². The third kappa shape index (κ3) is 3.80. The van der Waals surface area contributed by atoms with Crippen molar-refractivity contribution in [3.05, 3.63) is 64.5 Å². The van der Waals surface area contributed by atoms with E-state index in [1.54, 1.807) is 6.07 Å². The number of likely N-dealkylation sites (N-methyl/N-ethyl adjacent to an activating group) is 1. The molecule has 2 fully saturated rings. The number of carbonyl (C=O) groups excluding carboxylic acids is 5. The number of benzene rings is 2. The molecule has 6 atom stereocenters. The number of fused-ring (bicyclic) bond motifs is 3. The molecule has 0 spiro atoms. The van der Waals surface area contributed by atoms with Crippen LogP contribution in [0.5, 0.6) is 5.75 Å². The van der Waals surface area contributed by atoms with Crippen molar-refractivity contribution >= 4 is 29.0 Å². The third-order valence-corrected chi connectivity index (χ3v) is 8.15. The van der Waals surface area contributed by atoms with E-state index in [4.69, 9.17) is 5.73 Å². The molecule has 2 saturated carbocycles. The molecule has 200 valence electrons. The molecule has 2 aromatic rings. The number of ketones is 4. The molecule has 5 rings (SSSR count). The third-order valence-electron chi connectivity index (χ3n) is 8.15. The lowest BCUT2D eigenvalue weighted by molar-refractivity contribution is -0.181. The number of carbonyl (C=O) groups is 5. The van der Waals surface area contributed by atoms with Gasteiger partial charge in [-0.05, 0) is 62.7 Å². The molecule has 3 aliphatic rings. The SMILES string of the molecule is CN(C)[C@@H]1C(=O)C(C(N)=O)C(=O)[C@@]2(O)C(=O)C3C(=O)c4c(O)ccc(C#Cc5ccccc5F)c4C[C@H]3C[C@@H]12. The lowest BCUT2D eigenvalue weighted by Gasteiger charge is -2.52. The summed E-state index contributed by atoms with van der Waals surface area (Å²) >= 11 is 0. The van der Waals surface area contributed by atoms with Gasteiger partial charge in [-0.15, -0.1) is 0 Å². The Bertz CT molecular complexity index is 1540. The Morgan fingerprint density at radius 1 is 1.05 bits per heavy atom. The van der Waals surface area contributed by atoms with Gasteiger partial charge in [-0.25, -0.2) is 4.39 Å². The summed E-state index contributed by atoms with van der Waals surface area (Å²) in [5, 5.41) is 22.2. The van der Waals surface area contributed by atoms with E-state index in [1.807, 2.05) is 0 Å². The molecule has 9 nitrogen and oxygen atoms in total. The highest BCUT2D eigenvalue weighted by Gasteiger charge is 2.69. The number of phenolic OH excluding ortho intramolecular Hbond substituents is 1. The predicted octanol–water partition coefficient (Wildman–Crippen LogP) is 0.406. The standard InChI is InChI=1S/C29H25FN2O7/c1-32(2)23-17-12-15-11-16-13(7-8-14-5-3-4-6-18(14)30)9-10-19(33)21(16)24(34)20(15)26(36)29(17,39)27(37)22(25(23)35)28(31)38/h3-6,9-10,15,17,20,22-23,33,39H,11-12H2,1-2H3,(H2,31,38)/t15-,17-,20?,22?,23-,29-/m0/s1. The number of phenols is 1. The molecule has 3 aliphatic carbocycles. The lowest BCUT2D eigenvalue weighted by Crippen LogP contribution is -2.74. The van der Waals surface area contributed by atoms with Crippen molar-refractivity contribution in [1.29, 1.82) is 0 Å². The van der Waals surface area contributed by atoms with Gasteiger partial charge in [-0.1, -0.05) is 24.0 Å². The lowest BCUT2D eigenvalue weighted by atomic mass is 9.52. The Balaban J connectivity index is 1.62. The monoisotopic (exact) mass is 532 g/mol. The molecule has 2 unspecified atom stereocenters. The van der Waals surface area contributed by atoms with Gasteiger partial charge >= 0.3 is 0 Å². The van der Waals surface area contributed by atoms with E-state index >= 15 is 0 Å². The van der Waals surface area contributed by atoms with E-state index in [0.29, 0.717) is 11.1 Å². The van der Waals surface area contributed by atoms with Crippen LogP contribution in [0, 0.1) is 41.3 Å². The molecular weight excluding hydrogens is 507 g/mol. The molecule has 39 heavy (non-hydrogen) atoms. The van der Waals surface area contributed by atoms with Crippen LogP contribution in [0.4, 0.5) is 4.39 Å². The van der Waals surface area contributed by atoms with E-state index in [1.165, 1.54) is 49.3 Å². The summed E-state index contributed by atoms with van der Waals surface area (Å²) in [7, 11) is 3.03. The van der Waals surface area contributed by atoms with Crippen LogP contribution in [-0.2, 0) is 25.6 Å². The van der Waals surface area contributed by atoms with Crippen LogP contribution in [0.15, 0.2) is 36.4 Å². The summed E-state index contributed by atoms with van der Waals surface area (Å²) in [5.74, 6) is -6.15. The van der Waals surface area contributed by atoms with Gasteiger partial charge in [0.2, 0.25) is 5.91 Å². The summed E-state index contributed by atoms with van der Waals surface area (Å²) < 4.78 is 14.1. The second kappa shape index (κ2) is 9.22. The fourth-order valence-corrected chi connectivity index (χ4v) is 6.42. The van der Waals surface area contributed by atoms with Crippen LogP contribution in [0.3, 0.4) is 0 Å². The number of aromatic hydroxyl groups is 1. The average Bonchev–Trinajstić information content (AvgIpc) is 2.86. The van der Waals surface area contributed by atoms with Crippen molar-refractivity contribution in [2.75, 3.05) is 14.1 Å². The molecular formula is C29H25FN2O7. The first kappa shape index (κ1) is 26.4. The molecule has 0 aromatic heterocycles. The normalized spacial score (nSPS) is 29.7. The van der Waals surface area contributed by atoms with Crippen LogP contribution < -0.4 is 5.73 Å². The van der Waals surface area contributed by atoms with Crippen LogP contribution >= 0.6 is 0 Å². The Kier molecular flexibility index (Phi) is 6.24. The quantitative estimate of drug-likeness (QED) is 0.371. The Hall–Kier alpha value is -4.20. The van der Waals surface area contributed by atoms with Crippen molar-refractivity contribution in [2.24, 2.45) is 29.4 Å². The topological polar surface area (TPSA) is 155 Å². The number of amides is 1. The van der Waals surface area contributed by atoms with Gasteiger partial charge in [-0.2, -0.15) is 0 Å². The van der Waals surface area contributed by atoms with E-state index in [-0.39, 0.29) is 24.0 Å². The van der Waals surface area contributed by atoms with E-state index in [0.717, 1.165) is 0 Å². The fourth-order valence-electron chi connectivity index (χ4n) is 6.42. The first-order valence-electron chi connectivity index (χ1n) is 12.4. The maximum Gasteiger partial charge on any atom is 0.235 e. The minimum absolute atomic E-state index is 0.0697. The zero-order valence-electron chi connectivity index (χ0n) is 21.1. The van der Waals surface area contributed by atoms with Gasteiger partial charge in [0.25, 0.3) is 0 Å². The van der Waals surface area contributed by atoms with Crippen LogP contribution in [-0.4, -0.2) is 69.9 Å². The molecule has 0 radical (unpaired) electrons. The van der Waals surface area contributed by atoms with Gasteiger partial charge in [0.05, 0.1) is 23.1 Å². The molecule has 0 saturated heterocycles. The fraction of sp³-hybridized carbons (Fsp3) is 0.345. The number of hydrogen-bond donors (Lipinski definition) is 3. The minimum atomic E-state index is -2.78. The Morgan fingerprint density at radius 3 is 2.36 bits per heavy atom. The molecule has 2 aromatic carbocycles. The summed E-state index contributed by atoms with van der Waals surface area (Å²) in [6.07, 6.45) is 0.00125. The maximum absolute atomic E-state index is 14.1. The van der Waals surface area contributed by atoms with Crippen molar-refractivity contribution in [3.8, 4) is 17.6 Å². The first-order valence-corrected chi connectivity index (χ1v) is 12.4. The second-order valence-corrected chi connectivity index (χ2v) is 10.5. The van der Waals surface area contributed by atoms with Gasteiger partial charge in [0.15, 0.2) is 34.7 Å². The van der Waals surface area contributed by atoms with Crippen molar-refractivity contribution in [1.82, 2.24) is 4.90 Å². The minimum Gasteiger partial charge on any atom is -0.507 e. The van der Waals surface area contributed by atoms with Crippen LogP contribution in [0.2, 0.25) is 0 Å². The number of aliphatic hydroxyl groups is 1. The smallest absolute Gasteiger partial charge is 0.235 e. The molecule has 4 N–H and O–H groups in total. The molecule has 1 amide bonds. The van der Waals surface area contributed by atoms with E-state index in [2.05, 4.69) is 11.8 Å². The van der Waals surface area contributed by atoms with Crippen LogP contribution in [0.25, 0.3) is 0 Å². The predicted molar refractivity (Wildman–Crippen MR) is 134 cm³/mol. The summed E-state index contributed by atoms with van der Waals surface area (Å²) in [6, 6.07) is 7.45. The number of primary amides is 1. The van der Waals surface area contributed by atoms with Gasteiger partial charge in [0.1, 0.15) is 11.6 Å². The molecule has 0 aliphatic heterocycles. The highest BCUT2D eigenvalue weighted by molar-refractivity contribution is 6.32. The summed E-state index contributed by atoms with van der Waals surface area (Å²) in [5.41, 5.74) is 3.21. The average molecular weight is 533 g/mol. The number of hydrogen-bond acceptors (Lipinski definition) is 8. The van der Waals surface area contributed by atoms with Gasteiger partial charge < -0.3 is 15.9 Å². The van der Waals surface area contributed by atoms with Crippen LogP contribution in [0.1, 0.15) is 33.5 Å². The highest BCUT2D eigenvalue weighted by Crippen LogP contribution is 2.50. The van der Waals surface area contributed by atoms with Crippen molar-refractivity contribution in [3.63, 3.8) is 0 Å². The van der Waals surface area contributed by atoms with Crippen molar-refractivity contribution in [2.45, 2.75) is 24.5 Å². The first-order chi connectivity index (χ1) is 18.4. The number of nitrogens with zero attached hydrogens (tertiary/aromatic N) is 1. The summed E-state index contributed by atoms with van der Waals surface area (Å²) in [4.78, 5) is 67.4. The number of Topliss-reactive ketones (excluding diaryl/α,β-unsaturated/α-hetero) is 4. The maximum atomic E-state index is 14.1. The highest BCUT2D eigenvalue weighted by atomic mass is 19.1. The largest absolute Gasteiger partial charge is 0.507 e. The zero-order chi connectivity index (χ0) is 28.4.